The molecule has 1 aromatic rings. The lowest BCUT2D eigenvalue weighted by atomic mass is 10.4. The summed E-state index contributed by atoms with van der Waals surface area (Å²) in [5.41, 5.74) is -0.711. The summed E-state index contributed by atoms with van der Waals surface area (Å²) < 4.78 is 13.5. The van der Waals surface area contributed by atoms with Crippen LogP contribution in [0, 0.1) is 0 Å². The van der Waals surface area contributed by atoms with Crippen molar-refractivity contribution in [1.82, 2.24) is 4.57 Å². The second-order valence-electron chi connectivity index (χ2n) is 2.24. The van der Waals surface area contributed by atoms with Crippen LogP contribution in [0.5, 0.6) is 0 Å². The van der Waals surface area contributed by atoms with Crippen molar-refractivity contribution in [1.29, 1.82) is 0 Å². The first-order valence-corrected chi connectivity index (χ1v) is 4.07. The molecule has 0 aliphatic heterocycles. The second kappa shape index (κ2) is 3.69. The molecule has 0 aliphatic carbocycles. The number of halogens is 2. The number of carboxylic acids is 1. The van der Waals surface area contributed by atoms with Gasteiger partial charge in [-0.15, -0.1) is 0 Å². The molecular weight excluding hydrogens is 245 g/mol. The molecule has 0 fully saturated rings. The molecule has 70 valence electrons. The number of nitrogens with zero attached hydrogens (tertiary/aromatic N) is 1. The van der Waals surface area contributed by atoms with Crippen molar-refractivity contribution in [3.63, 3.8) is 0 Å². The zero-order valence-corrected chi connectivity index (χ0v) is 7.86. The highest BCUT2D eigenvalue weighted by atomic mass is 79.9. The average molecular weight is 250 g/mol. The fraction of sp³-hybridized carbons (Fsp3) is 0.143. The van der Waals surface area contributed by atoms with Gasteiger partial charge in [0.2, 0.25) is 0 Å². The van der Waals surface area contributed by atoms with Crippen molar-refractivity contribution in [2.24, 2.45) is 0 Å². The molecule has 0 radical (unpaired) electrons. The predicted octanol–water partition coefficient (Wildman–Crippen LogP) is 1.16. The molecule has 0 spiro atoms. The highest BCUT2D eigenvalue weighted by Crippen LogP contribution is 2.08. The second-order valence-corrected chi connectivity index (χ2v) is 3.10. The van der Waals surface area contributed by atoms with Gasteiger partial charge in [0.25, 0.3) is 11.9 Å². The average Bonchev–Trinajstić information content (AvgIpc) is 2.08. The van der Waals surface area contributed by atoms with Gasteiger partial charge in [0, 0.05) is 6.20 Å². The number of carbonyl (C=O) groups is 1. The van der Waals surface area contributed by atoms with E-state index < -0.39 is 17.8 Å². The third-order valence-corrected chi connectivity index (χ3v) is 1.98. The smallest absolute Gasteiger partial charge is 0.360 e. The number of hydrogen-bond donors (Lipinski definition) is 1. The fourth-order valence-corrected chi connectivity index (χ4v) is 1.14. The molecule has 1 aromatic heterocycles. The fourth-order valence-electron chi connectivity index (χ4n) is 0.780. The molecule has 1 N–H and O–H groups in total. The number of hydrogen-bond acceptors (Lipinski definition) is 2. The van der Waals surface area contributed by atoms with Crippen LogP contribution >= 0.6 is 15.9 Å². The van der Waals surface area contributed by atoms with Crippen molar-refractivity contribution < 1.29 is 14.3 Å². The Morgan fingerprint density at radius 3 is 2.85 bits per heavy atom. The molecule has 0 saturated heterocycles. The molecule has 13 heavy (non-hydrogen) atoms. The van der Waals surface area contributed by atoms with Crippen LogP contribution < -0.4 is 5.56 Å². The molecule has 0 aliphatic rings. The van der Waals surface area contributed by atoms with Crippen LogP contribution in [0.2, 0.25) is 0 Å². The third-order valence-electron chi connectivity index (χ3n) is 1.38. The minimum Gasteiger partial charge on any atom is -0.478 e. The zero-order valence-electron chi connectivity index (χ0n) is 6.28. The van der Waals surface area contributed by atoms with E-state index in [2.05, 4.69) is 15.9 Å². The third kappa shape index (κ3) is 1.95. The Bertz CT molecular complexity index is 390. The van der Waals surface area contributed by atoms with E-state index in [9.17, 15) is 14.0 Å². The number of carboxylic acid groups (broad SMARTS) is 1. The first-order chi connectivity index (χ1) is 6.04. The molecule has 0 bridgehead atoms. The van der Waals surface area contributed by atoms with Crippen LogP contribution in [0.4, 0.5) is 4.39 Å². The van der Waals surface area contributed by atoms with Crippen LogP contribution in [0.1, 0.15) is 6.30 Å². The summed E-state index contributed by atoms with van der Waals surface area (Å²) in [6.45, 7) is 0. The van der Waals surface area contributed by atoms with Gasteiger partial charge in [-0.25, -0.2) is 9.18 Å². The lowest BCUT2D eigenvalue weighted by Crippen LogP contribution is -2.26. The molecule has 1 atom stereocenters. The van der Waals surface area contributed by atoms with E-state index in [0.29, 0.717) is 4.57 Å². The number of aromatic nitrogens is 1. The Morgan fingerprint density at radius 1 is 1.69 bits per heavy atom. The highest BCUT2D eigenvalue weighted by Gasteiger charge is 2.19. The first-order valence-electron chi connectivity index (χ1n) is 3.27. The van der Waals surface area contributed by atoms with Crippen molar-refractivity contribution in [2.45, 2.75) is 6.30 Å². The quantitative estimate of drug-likeness (QED) is 0.856. The topological polar surface area (TPSA) is 59.3 Å². The van der Waals surface area contributed by atoms with Gasteiger partial charge in [0.1, 0.15) is 0 Å². The van der Waals surface area contributed by atoms with Crippen LogP contribution in [-0.4, -0.2) is 15.6 Å². The molecule has 4 nitrogen and oxygen atoms in total. The lowest BCUT2D eigenvalue weighted by Gasteiger charge is -2.06. The minimum absolute atomic E-state index is 0.124. The van der Waals surface area contributed by atoms with E-state index in [1.54, 1.807) is 0 Å². The molecule has 1 unspecified atom stereocenters. The Morgan fingerprint density at radius 2 is 2.31 bits per heavy atom. The summed E-state index contributed by atoms with van der Waals surface area (Å²) in [5, 5.41) is 8.30. The molecule has 6 heteroatoms. The van der Waals surface area contributed by atoms with E-state index in [4.69, 9.17) is 5.11 Å². The van der Waals surface area contributed by atoms with Gasteiger partial charge < -0.3 is 5.11 Å². The minimum atomic E-state index is -2.34. The maximum absolute atomic E-state index is 12.8. The van der Waals surface area contributed by atoms with Crippen LogP contribution in [0.15, 0.2) is 27.6 Å². The predicted molar refractivity (Wildman–Crippen MR) is 46.2 cm³/mol. The zero-order chi connectivity index (χ0) is 10.0. The van der Waals surface area contributed by atoms with E-state index in [-0.39, 0.29) is 4.47 Å². The van der Waals surface area contributed by atoms with Gasteiger partial charge >= 0.3 is 5.97 Å². The molecule has 1 rings (SSSR count). The van der Waals surface area contributed by atoms with Gasteiger partial charge in [-0.2, -0.15) is 0 Å². The number of alkyl halides is 1. The summed E-state index contributed by atoms with van der Waals surface area (Å²) in [4.78, 5) is 21.3. The Balaban J connectivity index is 3.23. The van der Waals surface area contributed by atoms with E-state index in [0.717, 1.165) is 6.20 Å². The molecular formula is C7H5BrFNO3. The Labute approximate surface area is 80.7 Å². The van der Waals surface area contributed by atoms with Gasteiger partial charge in [-0.05, 0) is 28.1 Å². The number of pyridine rings is 1. The number of aliphatic carboxylic acids is 1. The number of rotatable bonds is 2. The van der Waals surface area contributed by atoms with Crippen molar-refractivity contribution in [2.75, 3.05) is 0 Å². The maximum Gasteiger partial charge on any atom is 0.360 e. The van der Waals surface area contributed by atoms with Gasteiger partial charge in [-0.3, -0.25) is 9.36 Å². The first kappa shape index (κ1) is 9.91. The highest BCUT2D eigenvalue weighted by molar-refractivity contribution is 9.10. The molecule has 1 heterocycles. The molecule has 0 saturated carbocycles. The molecule has 0 amide bonds. The molecule has 0 aromatic carbocycles. The summed E-state index contributed by atoms with van der Waals surface area (Å²) in [5.74, 6) is -1.69. The van der Waals surface area contributed by atoms with E-state index in [1.807, 2.05) is 0 Å². The lowest BCUT2D eigenvalue weighted by molar-refractivity contribution is -0.146. The van der Waals surface area contributed by atoms with Crippen LogP contribution in [0.25, 0.3) is 0 Å². The van der Waals surface area contributed by atoms with Crippen LogP contribution in [0.3, 0.4) is 0 Å². The summed E-state index contributed by atoms with van der Waals surface area (Å²) in [7, 11) is 0. The van der Waals surface area contributed by atoms with E-state index in [1.165, 1.54) is 12.1 Å². The van der Waals surface area contributed by atoms with Crippen molar-refractivity contribution >= 4 is 21.9 Å². The summed E-state index contributed by atoms with van der Waals surface area (Å²) in [6.07, 6.45) is -1.27. The van der Waals surface area contributed by atoms with Gasteiger partial charge in [0.15, 0.2) is 0 Å². The van der Waals surface area contributed by atoms with Crippen molar-refractivity contribution in [3.8, 4) is 0 Å². The van der Waals surface area contributed by atoms with Crippen LogP contribution in [-0.2, 0) is 4.79 Å². The Kier molecular flexibility index (Phi) is 2.82. The van der Waals surface area contributed by atoms with Gasteiger partial charge in [0.05, 0.1) is 4.47 Å². The summed E-state index contributed by atoms with van der Waals surface area (Å²) in [6, 6.07) is 2.79. The summed E-state index contributed by atoms with van der Waals surface area (Å²) >= 11 is 2.87. The van der Waals surface area contributed by atoms with Gasteiger partial charge in [-0.1, -0.05) is 0 Å². The van der Waals surface area contributed by atoms with Crippen molar-refractivity contribution in [3.05, 3.63) is 33.2 Å². The largest absolute Gasteiger partial charge is 0.478 e. The maximum atomic E-state index is 12.8. The SMILES string of the molecule is O=C(O)C(F)n1cccc(Br)c1=O. The Hall–Kier alpha value is -1.17. The van der Waals surface area contributed by atoms with E-state index >= 15 is 0 Å². The normalized spacial score (nSPS) is 12.5. The standard InChI is InChI=1S/C7H5BrFNO3/c8-4-2-1-3-10(6(4)11)5(9)7(12)13/h1-3,5H,(H,12,13). The monoisotopic (exact) mass is 249 g/mol.